The molecule has 1 aromatic heterocycles. The zero-order valence-electron chi connectivity index (χ0n) is 16.2. The van der Waals surface area contributed by atoms with Gasteiger partial charge in [-0.05, 0) is 55.5 Å². The van der Waals surface area contributed by atoms with Crippen molar-refractivity contribution in [2.45, 2.75) is 37.5 Å². The van der Waals surface area contributed by atoms with Gasteiger partial charge in [-0.1, -0.05) is 53.7 Å². The van der Waals surface area contributed by atoms with E-state index in [0.29, 0.717) is 23.2 Å². The number of nitrogens with zero attached hydrogens (tertiary/aromatic N) is 3. The first-order valence-corrected chi connectivity index (χ1v) is 11.1. The minimum atomic E-state index is 0.0386. The summed E-state index contributed by atoms with van der Waals surface area (Å²) in [5.41, 5.74) is 2.09. The number of benzene rings is 2. The lowest BCUT2D eigenvalue weighted by Gasteiger charge is -2.13. The van der Waals surface area contributed by atoms with Gasteiger partial charge in [0.2, 0.25) is 5.91 Å². The lowest BCUT2D eigenvalue weighted by molar-refractivity contribution is -0.119. The van der Waals surface area contributed by atoms with Crippen molar-refractivity contribution in [2.75, 3.05) is 5.75 Å². The topological polar surface area (TPSA) is 59.8 Å². The molecule has 5 nitrogen and oxygen atoms in total. The molecule has 0 bridgehead atoms. The van der Waals surface area contributed by atoms with Crippen LogP contribution in [0.2, 0.25) is 5.02 Å². The fourth-order valence-electron chi connectivity index (χ4n) is 3.26. The normalized spacial score (nSPS) is 14.6. The van der Waals surface area contributed by atoms with Crippen LogP contribution in [-0.2, 0) is 11.3 Å². The molecule has 0 saturated heterocycles. The summed E-state index contributed by atoms with van der Waals surface area (Å²) >= 11 is 7.45. The molecule has 2 aromatic carbocycles. The molecule has 150 valence electrons. The summed E-state index contributed by atoms with van der Waals surface area (Å²) in [7, 11) is 0. The molecule has 0 aliphatic heterocycles. The predicted molar refractivity (Wildman–Crippen MR) is 117 cm³/mol. The Labute approximate surface area is 179 Å². The zero-order valence-corrected chi connectivity index (χ0v) is 17.8. The standard InChI is InChI=1S/C22H23ClN4OS/c1-15(17-7-8-17)24-20(28)14-29-22-26-25-21(18-9-11-19(23)12-10-18)27(22)13-16-5-3-2-4-6-16/h2-6,9-12,15,17H,7-8,13-14H2,1H3,(H,24,28). The monoisotopic (exact) mass is 426 g/mol. The first-order valence-electron chi connectivity index (χ1n) is 9.75. The van der Waals surface area contributed by atoms with Gasteiger partial charge in [0.1, 0.15) is 0 Å². The summed E-state index contributed by atoms with van der Waals surface area (Å²) in [6.45, 7) is 2.71. The third-order valence-corrected chi connectivity index (χ3v) is 6.27. The number of thioether (sulfide) groups is 1. The van der Waals surface area contributed by atoms with Crippen LogP contribution < -0.4 is 5.32 Å². The minimum Gasteiger partial charge on any atom is -0.353 e. The van der Waals surface area contributed by atoms with E-state index in [0.717, 1.165) is 22.1 Å². The van der Waals surface area contributed by atoms with Crippen molar-refractivity contribution in [1.29, 1.82) is 0 Å². The first-order chi connectivity index (χ1) is 14.1. The molecule has 1 saturated carbocycles. The Hall–Kier alpha value is -2.31. The highest BCUT2D eigenvalue weighted by molar-refractivity contribution is 7.99. The van der Waals surface area contributed by atoms with Crippen molar-refractivity contribution in [3.8, 4) is 11.4 Å². The highest BCUT2D eigenvalue weighted by atomic mass is 35.5. The Bertz CT molecular complexity index is 970. The van der Waals surface area contributed by atoms with Crippen LogP contribution in [0.5, 0.6) is 0 Å². The predicted octanol–water partition coefficient (Wildman–Crippen LogP) is 4.65. The summed E-state index contributed by atoms with van der Waals surface area (Å²) in [4.78, 5) is 12.3. The highest BCUT2D eigenvalue weighted by Gasteiger charge is 2.29. The molecule has 1 aliphatic rings. The van der Waals surface area contributed by atoms with Crippen molar-refractivity contribution in [2.24, 2.45) is 5.92 Å². The van der Waals surface area contributed by atoms with Gasteiger partial charge in [0.05, 0.1) is 12.3 Å². The molecule has 0 spiro atoms. The summed E-state index contributed by atoms with van der Waals surface area (Å²) < 4.78 is 2.06. The Kier molecular flexibility index (Phi) is 6.21. The second kappa shape index (κ2) is 9.01. The molecule has 1 heterocycles. The number of rotatable bonds is 8. The molecule has 29 heavy (non-hydrogen) atoms. The lowest BCUT2D eigenvalue weighted by Crippen LogP contribution is -2.35. The second-order valence-electron chi connectivity index (χ2n) is 7.37. The molecule has 7 heteroatoms. The molecule has 1 aliphatic carbocycles. The van der Waals surface area contributed by atoms with Gasteiger partial charge in [0, 0.05) is 16.6 Å². The van der Waals surface area contributed by atoms with Gasteiger partial charge < -0.3 is 5.32 Å². The molecular weight excluding hydrogens is 404 g/mol. The van der Waals surface area contributed by atoms with Crippen molar-refractivity contribution < 1.29 is 4.79 Å². The Morgan fingerprint density at radius 3 is 2.59 bits per heavy atom. The zero-order chi connectivity index (χ0) is 20.2. The van der Waals surface area contributed by atoms with E-state index in [4.69, 9.17) is 11.6 Å². The third kappa shape index (κ3) is 5.19. The van der Waals surface area contributed by atoms with Gasteiger partial charge in [-0.15, -0.1) is 10.2 Å². The summed E-state index contributed by atoms with van der Waals surface area (Å²) in [6.07, 6.45) is 2.43. The van der Waals surface area contributed by atoms with Crippen molar-refractivity contribution in [3.63, 3.8) is 0 Å². The number of nitrogens with one attached hydrogen (secondary N) is 1. The van der Waals surface area contributed by atoms with E-state index < -0.39 is 0 Å². The maximum Gasteiger partial charge on any atom is 0.230 e. The maximum atomic E-state index is 12.3. The quantitative estimate of drug-likeness (QED) is 0.532. The molecule has 4 rings (SSSR count). The van der Waals surface area contributed by atoms with E-state index in [2.05, 4.69) is 39.1 Å². The maximum absolute atomic E-state index is 12.3. The number of hydrogen-bond donors (Lipinski definition) is 1. The molecule has 3 aromatic rings. The molecule has 1 atom stereocenters. The van der Waals surface area contributed by atoms with E-state index in [1.807, 2.05) is 42.5 Å². The smallest absolute Gasteiger partial charge is 0.230 e. The number of aromatic nitrogens is 3. The lowest BCUT2D eigenvalue weighted by atomic mass is 10.2. The molecule has 1 unspecified atom stereocenters. The fraction of sp³-hybridized carbons (Fsp3) is 0.318. The minimum absolute atomic E-state index is 0.0386. The first kappa shape index (κ1) is 20.0. The molecule has 1 amide bonds. The van der Waals surface area contributed by atoms with Gasteiger partial charge in [-0.3, -0.25) is 9.36 Å². The van der Waals surface area contributed by atoms with Crippen LogP contribution >= 0.6 is 23.4 Å². The van der Waals surface area contributed by atoms with Crippen molar-refractivity contribution in [1.82, 2.24) is 20.1 Å². The van der Waals surface area contributed by atoms with Gasteiger partial charge in [0.15, 0.2) is 11.0 Å². The Balaban J connectivity index is 1.54. The van der Waals surface area contributed by atoms with E-state index in [1.54, 1.807) is 0 Å². The molecule has 1 fully saturated rings. The molecule has 1 N–H and O–H groups in total. The van der Waals surface area contributed by atoms with Crippen LogP contribution in [0.1, 0.15) is 25.3 Å². The number of amides is 1. The van der Waals surface area contributed by atoms with Crippen LogP contribution in [0, 0.1) is 5.92 Å². The highest BCUT2D eigenvalue weighted by Crippen LogP contribution is 2.32. The van der Waals surface area contributed by atoms with Gasteiger partial charge in [-0.2, -0.15) is 0 Å². The summed E-state index contributed by atoms with van der Waals surface area (Å²) in [6, 6.07) is 18.0. The summed E-state index contributed by atoms with van der Waals surface area (Å²) in [5.74, 6) is 1.77. The van der Waals surface area contributed by atoms with E-state index in [-0.39, 0.29) is 11.9 Å². The molecular formula is C22H23ClN4OS. The average Bonchev–Trinajstić information content (AvgIpc) is 3.51. The van der Waals surface area contributed by atoms with Gasteiger partial charge in [-0.25, -0.2) is 0 Å². The number of carbonyl (C=O) groups is 1. The van der Waals surface area contributed by atoms with Crippen molar-refractivity contribution in [3.05, 3.63) is 65.2 Å². The van der Waals surface area contributed by atoms with E-state index in [9.17, 15) is 4.79 Å². The number of carbonyl (C=O) groups excluding carboxylic acids is 1. The van der Waals surface area contributed by atoms with Crippen LogP contribution in [-0.4, -0.2) is 32.5 Å². The largest absolute Gasteiger partial charge is 0.353 e. The number of halogens is 1. The van der Waals surface area contributed by atoms with Crippen LogP contribution in [0.3, 0.4) is 0 Å². The average molecular weight is 427 g/mol. The van der Waals surface area contributed by atoms with Gasteiger partial charge >= 0.3 is 0 Å². The Morgan fingerprint density at radius 2 is 1.90 bits per heavy atom. The second-order valence-corrected chi connectivity index (χ2v) is 8.75. The third-order valence-electron chi connectivity index (χ3n) is 5.05. The van der Waals surface area contributed by atoms with Crippen molar-refractivity contribution >= 4 is 29.3 Å². The van der Waals surface area contributed by atoms with Crippen LogP contribution in [0.25, 0.3) is 11.4 Å². The van der Waals surface area contributed by atoms with E-state index in [1.165, 1.54) is 24.6 Å². The SMILES string of the molecule is CC(NC(=O)CSc1nnc(-c2ccc(Cl)cc2)n1Cc1ccccc1)C1CC1. The van der Waals surface area contributed by atoms with Crippen LogP contribution in [0.15, 0.2) is 59.8 Å². The fourth-order valence-corrected chi connectivity index (χ4v) is 4.13. The van der Waals surface area contributed by atoms with Gasteiger partial charge in [0.25, 0.3) is 0 Å². The molecule has 0 radical (unpaired) electrons. The summed E-state index contributed by atoms with van der Waals surface area (Å²) in [5, 5.41) is 13.3. The number of hydrogen-bond acceptors (Lipinski definition) is 4. The van der Waals surface area contributed by atoms with E-state index >= 15 is 0 Å². The Morgan fingerprint density at radius 1 is 1.17 bits per heavy atom. The van der Waals surface area contributed by atoms with Crippen LogP contribution in [0.4, 0.5) is 0 Å².